The maximum atomic E-state index is 13.4. The molecule has 0 radical (unpaired) electrons. The molecule has 0 spiro atoms. The Hall–Kier alpha value is -0.340. The van der Waals surface area contributed by atoms with E-state index in [0.29, 0.717) is 38.6 Å². The average Bonchev–Trinajstić information content (AvgIpc) is 2.54. The lowest BCUT2D eigenvalue weighted by Gasteiger charge is -2.50. The first-order valence-corrected chi connectivity index (χ1v) is 11.7. The van der Waals surface area contributed by atoms with E-state index < -0.39 is 18.7 Å². The number of hydrogen-bond acceptors (Lipinski definition) is 8. The summed E-state index contributed by atoms with van der Waals surface area (Å²) in [4.78, 5) is 12.1. The Morgan fingerprint density at radius 3 is 2.30 bits per heavy atom. The summed E-state index contributed by atoms with van der Waals surface area (Å²) in [7, 11) is -3.40. The highest BCUT2D eigenvalue weighted by Gasteiger charge is 2.49. The molecule has 0 aromatic carbocycles. The third-order valence-electron chi connectivity index (χ3n) is 4.53. The number of carbonyl (C=O) groups excluding carboxylic acids is 1. The molecule has 1 saturated heterocycles. The molecular formula is C18H39N4O4P. The van der Waals surface area contributed by atoms with Gasteiger partial charge >= 0.3 is 7.60 Å². The van der Waals surface area contributed by atoms with Crippen LogP contribution in [0.25, 0.3) is 0 Å². The van der Waals surface area contributed by atoms with Gasteiger partial charge in [-0.05, 0) is 34.1 Å². The number of rotatable bonds is 13. The molecule has 0 aromatic rings. The van der Waals surface area contributed by atoms with Crippen molar-refractivity contribution in [3.8, 4) is 0 Å². The van der Waals surface area contributed by atoms with Crippen molar-refractivity contribution >= 4 is 13.4 Å². The predicted octanol–water partition coefficient (Wildman–Crippen LogP) is 2.59. The van der Waals surface area contributed by atoms with Gasteiger partial charge in [-0.2, -0.15) is 10.5 Å². The van der Waals surface area contributed by atoms with Gasteiger partial charge in [0, 0.05) is 50.1 Å². The summed E-state index contributed by atoms with van der Waals surface area (Å²) in [5, 5.41) is 4.86. The fourth-order valence-electron chi connectivity index (χ4n) is 3.50. The minimum absolute atomic E-state index is 0.190. The zero-order valence-electron chi connectivity index (χ0n) is 17.7. The smallest absolute Gasteiger partial charge is 0.329 e. The third-order valence-corrected chi connectivity index (χ3v) is 6.21. The van der Waals surface area contributed by atoms with E-state index in [9.17, 15) is 9.36 Å². The van der Waals surface area contributed by atoms with Gasteiger partial charge in [-0.3, -0.25) is 9.36 Å². The second kappa shape index (κ2) is 11.0. The molecule has 160 valence electrons. The summed E-state index contributed by atoms with van der Waals surface area (Å²) in [5.41, 5.74) is 7.12. The van der Waals surface area contributed by atoms with E-state index in [0.717, 1.165) is 25.8 Å². The van der Waals surface area contributed by atoms with Gasteiger partial charge in [0.1, 0.15) is 5.78 Å². The molecule has 1 atom stereocenters. The van der Waals surface area contributed by atoms with Crippen LogP contribution < -0.4 is 16.5 Å². The monoisotopic (exact) mass is 406 g/mol. The number of nitrogens with one attached hydrogen (secondary N) is 2. The fraction of sp³-hybridized carbons (Fsp3) is 0.944. The number of Topliss-reactive ketones (excluding diaryl/α,β-unsaturated/α-hetero) is 1. The first-order valence-electron chi connectivity index (χ1n) is 9.99. The molecule has 1 aliphatic rings. The van der Waals surface area contributed by atoms with Gasteiger partial charge in [-0.25, -0.2) is 9.25 Å². The van der Waals surface area contributed by atoms with Crippen molar-refractivity contribution in [2.45, 2.75) is 77.8 Å². The largest absolute Gasteiger partial charge is 0.363 e. The van der Waals surface area contributed by atoms with Gasteiger partial charge in [-0.1, -0.05) is 19.8 Å². The Labute approximate surface area is 164 Å². The Kier molecular flexibility index (Phi) is 10.1. The Balaban J connectivity index is 2.79. The van der Waals surface area contributed by atoms with Crippen LogP contribution >= 0.6 is 7.60 Å². The number of ketones is 1. The van der Waals surface area contributed by atoms with E-state index in [-0.39, 0.29) is 5.78 Å². The molecule has 0 bridgehead atoms. The van der Waals surface area contributed by atoms with Gasteiger partial charge in [0.2, 0.25) is 0 Å². The number of piperidine rings is 1. The number of nitrogens with two attached hydrogens (primary N) is 1. The minimum Gasteiger partial charge on any atom is -0.329 e. The second-order valence-corrected chi connectivity index (χ2v) is 10.5. The third kappa shape index (κ3) is 8.28. The zero-order chi connectivity index (χ0) is 20.6. The highest BCUT2D eigenvalue weighted by Crippen LogP contribution is 2.53. The van der Waals surface area contributed by atoms with E-state index in [1.807, 2.05) is 27.7 Å². The zero-order valence-corrected chi connectivity index (χ0v) is 18.6. The normalized spacial score (nSPS) is 21.9. The van der Waals surface area contributed by atoms with E-state index in [1.54, 1.807) is 5.06 Å². The highest BCUT2D eigenvalue weighted by molar-refractivity contribution is 7.53. The molecule has 1 unspecified atom stereocenters. The summed E-state index contributed by atoms with van der Waals surface area (Å²) < 4.78 is 25.0. The molecule has 27 heavy (non-hydrogen) atoms. The summed E-state index contributed by atoms with van der Waals surface area (Å²) in [5.74, 6) is 0.190. The highest BCUT2D eigenvalue weighted by atomic mass is 31.2. The first-order chi connectivity index (χ1) is 12.6. The van der Waals surface area contributed by atoms with Crippen LogP contribution in [0.15, 0.2) is 0 Å². The van der Waals surface area contributed by atoms with Crippen molar-refractivity contribution in [1.82, 2.24) is 15.9 Å². The van der Waals surface area contributed by atoms with Crippen LogP contribution in [-0.2, 0) is 18.6 Å². The summed E-state index contributed by atoms with van der Waals surface area (Å²) in [6.07, 6.45) is 3.80. The van der Waals surface area contributed by atoms with Crippen molar-refractivity contribution in [1.29, 1.82) is 0 Å². The molecule has 0 aromatic heterocycles. The van der Waals surface area contributed by atoms with Crippen LogP contribution in [0, 0.1) is 0 Å². The minimum atomic E-state index is -3.40. The van der Waals surface area contributed by atoms with Crippen molar-refractivity contribution < 1.29 is 18.6 Å². The quantitative estimate of drug-likeness (QED) is 0.243. The van der Waals surface area contributed by atoms with Gasteiger partial charge < -0.3 is 11.1 Å². The molecule has 1 rings (SSSR count). The lowest BCUT2D eigenvalue weighted by atomic mass is 9.81. The maximum absolute atomic E-state index is 13.4. The number of unbranched alkanes of at least 4 members (excludes halogenated alkanes) is 2. The molecule has 0 amide bonds. The topological polar surface area (TPSA) is 106 Å². The standard InChI is InChI=1S/C18H39N4O4P/c1-6-7-8-13-27(24,25-21-12-11-20-10-9-19)26-22-17(2,3)14-16(23)15-18(22,4)5/h20-21H,6-15,19H2,1-5H3. The van der Waals surface area contributed by atoms with Gasteiger partial charge in [-0.15, -0.1) is 0 Å². The lowest BCUT2D eigenvalue weighted by Crippen LogP contribution is -2.60. The van der Waals surface area contributed by atoms with Crippen LogP contribution in [0.2, 0.25) is 0 Å². The van der Waals surface area contributed by atoms with Crippen LogP contribution in [0.4, 0.5) is 0 Å². The SMILES string of the molecule is CCCCCP(=O)(ONCCNCCN)ON1C(C)(C)CC(=O)CC1(C)C. The summed E-state index contributed by atoms with van der Waals surface area (Å²) in [6.45, 7) is 12.3. The first kappa shape index (κ1) is 24.7. The van der Waals surface area contributed by atoms with Crippen LogP contribution in [0.5, 0.6) is 0 Å². The maximum Gasteiger partial charge on any atom is 0.363 e. The van der Waals surface area contributed by atoms with Crippen LogP contribution in [0.3, 0.4) is 0 Å². The van der Waals surface area contributed by atoms with Crippen molar-refractivity contribution in [3.63, 3.8) is 0 Å². The summed E-state index contributed by atoms with van der Waals surface area (Å²) in [6, 6.07) is 0. The molecular weight excluding hydrogens is 367 g/mol. The number of hydrogen-bond donors (Lipinski definition) is 3. The number of nitrogens with zero attached hydrogens (tertiary/aromatic N) is 1. The average molecular weight is 407 g/mol. The van der Waals surface area contributed by atoms with Gasteiger partial charge in [0.15, 0.2) is 0 Å². The fourth-order valence-corrected chi connectivity index (χ4v) is 5.30. The van der Waals surface area contributed by atoms with E-state index >= 15 is 0 Å². The van der Waals surface area contributed by atoms with E-state index in [1.165, 1.54) is 0 Å². The second-order valence-electron chi connectivity index (χ2n) is 8.46. The van der Waals surface area contributed by atoms with E-state index in [4.69, 9.17) is 15.0 Å². The summed E-state index contributed by atoms with van der Waals surface area (Å²) >= 11 is 0. The van der Waals surface area contributed by atoms with Crippen LogP contribution in [-0.4, -0.2) is 54.3 Å². The molecule has 0 aliphatic carbocycles. The number of hydroxylamine groups is 3. The molecule has 9 heteroatoms. The molecule has 1 fully saturated rings. The Morgan fingerprint density at radius 1 is 1.11 bits per heavy atom. The number of carbonyl (C=O) groups is 1. The molecule has 1 heterocycles. The molecule has 1 aliphatic heterocycles. The lowest BCUT2D eigenvalue weighted by molar-refractivity contribution is -0.220. The van der Waals surface area contributed by atoms with Crippen LogP contribution in [0.1, 0.15) is 66.7 Å². The predicted molar refractivity (Wildman–Crippen MR) is 108 cm³/mol. The molecule has 8 nitrogen and oxygen atoms in total. The van der Waals surface area contributed by atoms with Crippen molar-refractivity contribution in [2.75, 3.05) is 32.3 Å². The Morgan fingerprint density at radius 2 is 1.74 bits per heavy atom. The van der Waals surface area contributed by atoms with Crippen molar-refractivity contribution in [3.05, 3.63) is 0 Å². The molecule has 4 N–H and O–H groups in total. The van der Waals surface area contributed by atoms with E-state index in [2.05, 4.69) is 17.7 Å². The molecule has 0 saturated carbocycles. The Bertz CT molecular complexity index is 494. The van der Waals surface area contributed by atoms with Gasteiger partial charge in [0.25, 0.3) is 0 Å². The van der Waals surface area contributed by atoms with Gasteiger partial charge in [0.05, 0.1) is 6.16 Å². The van der Waals surface area contributed by atoms with Crippen molar-refractivity contribution in [2.24, 2.45) is 5.73 Å².